The number of nitrogens with one attached hydrogen (secondary N) is 1. The molecule has 1 N–H and O–H groups in total. The highest BCUT2D eigenvalue weighted by molar-refractivity contribution is 5.79. The average Bonchev–Trinajstić information content (AvgIpc) is 2.53. The van der Waals surface area contributed by atoms with E-state index in [1.54, 1.807) is 14.2 Å². The van der Waals surface area contributed by atoms with Gasteiger partial charge in [0, 0.05) is 12.1 Å². The zero-order valence-electron chi connectivity index (χ0n) is 12.3. The molecule has 1 amide bonds. The number of benzene rings is 2. The molecule has 0 fully saturated rings. The molecule has 21 heavy (non-hydrogen) atoms. The van der Waals surface area contributed by atoms with Gasteiger partial charge in [-0.15, -0.1) is 0 Å². The van der Waals surface area contributed by atoms with Crippen LogP contribution in [0.4, 0.5) is 0 Å². The van der Waals surface area contributed by atoms with Gasteiger partial charge in [0.25, 0.3) is 0 Å². The van der Waals surface area contributed by atoms with Gasteiger partial charge < -0.3 is 14.8 Å². The molecule has 0 aliphatic heterocycles. The van der Waals surface area contributed by atoms with Gasteiger partial charge in [0.05, 0.1) is 20.6 Å². The predicted octanol–water partition coefficient (Wildman–Crippen LogP) is 2.56. The molecule has 0 bridgehead atoms. The van der Waals surface area contributed by atoms with Gasteiger partial charge in [0.15, 0.2) is 0 Å². The number of para-hydroxylation sites is 1. The number of ether oxygens (including phenoxy) is 2. The number of hydrogen-bond donors (Lipinski definition) is 1. The molecule has 0 heterocycles. The quantitative estimate of drug-likeness (QED) is 0.887. The zero-order valence-corrected chi connectivity index (χ0v) is 12.3. The number of methoxy groups -OCH3 is 2. The van der Waals surface area contributed by atoms with Crippen molar-refractivity contribution in [3.63, 3.8) is 0 Å². The van der Waals surface area contributed by atoms with Gasteiger partial charge in [-0.2, -0.15) is 0 Å². The number of carbonyl (C=O) groups excluding carboxylic acids is 1. The smallest absolute Gasteiger partial charge is 0.224 e. The first-order valence-corrected chi connectivity index (χ1v) is 6.74. The van der Waals surface area contributed by atoms with Crippen LogP contribution < -0.4 is 14.8 Å². The molecular weight excluding hydrogens is 266 g/mol. The van der Waals surface area contributed by atoms with Crippen molar-refractivity contribution in [3.05, 3.63) is 59.7 Å². The van der Waals surface area contributed by atoms with Gasteiger partial charge in [0.2, 0.25) is 5.91 Å². The molecule has 0 spiro atoms. The highest BCUT2D eigenvalue weighted by Crippen LogP contribution is 2.17. The molecule has 4 nitrogen and oxygen atoms in total. The van der Waals surface area contributed by atoms with Crippen LogP contribution in [0.25, 0.3) is 0 Å². The Morgan fingerprint density at radius 1 is 1.05 bits per heavy atom. The van der Waals surface area contributed by atoms with E-state index in [9.17, 15) is 4.79 Å². The molecule has 0 aromatic heterocycles. The standard InChI is InChI=1S/C17H19NO3/c1-20-15-8-5-6-13(10-15)12-18-17(19)11-14-7-3-4-9-16(14)21-2/h3-10H,11-12H2,1-2H3,(H,18,19). The normalized spacial score (nSPS) is 10.0. The van der Waals surface area contributed by atoms with Crippen molar-refractivity contribution < 1.29 is 14.3 Å². The molecule has 0 atom stereocenters. The Bertz CT molecular complexity index is 610. The van der Waals surface area contributed by atoms with E-state index in [0.717, 1.165) is 22.6 Å². The first kappa shape index (κ1) is 14.9. The third-order valence-corrected chi connectivity index (χ3v) is 3.17. The van der Waals surface area contributed by atoms with Crippen molar-refractivity contribution in [2.75, 3.05) is 14.2 Å². The Kier molecular flexibility index (Phi) is 5.21. The summed E-state index contributed by atoms with van der Waals surface area (Å²) in [5.74, 6) is 1.47. The lowest BCUT2D eigenvalue weighted by atomic mass is 10.1. The Hall–Kier alpha value is -2.49. The summed E-state index contributed by atoms with van der Waals surface area (Å²) in [6.07, 6.45) is 0.300. The minimum absolute atomic E-state index is 0.0395. The first-order chi connectivity index (χ1) is 10.2. The molecule has 2 aromatic carbocycles. The molecule has 110 valence electrons. The second-order valence-corrected chi connectivity index (χ2v) is 4.62. The van der Waals surface area contributed by atoms with Crippen molar-refractivity contribution >= 4 is 5.91 Å². The molecule has 0 unspecified atom stereocenters. The van der Waals surface area contributed by atoms with Gasteiger partial charge in [-0.25, -0.2) is 0 Å². The van der Waals surface area contributed by atoms with Crippen LogP contribution in [0.1, 0.15) is 11.1 Å². The molecule has 0 saturated carbocycles. The average molecular weight is 285 g/mol. The van der Waals surface area contributed by atoms with E-state index in [0.29, 0.717) is 13.0 Å². The lowest BCUT2D eigenvalue weighted by molar-refractivity contribution is -0.120. The maximum absolute atomic E-state index is 12.0. The SMILES string of the molecule is COc1cccc(CNC(=O)Cc2ccccc2OC)c1. The van der Waals surface area contributed by atoms with Crippen LogP contribution in [-0.2, 0) is 17.8 Å². The molecule has 0 radical (unpaired) electrons. The maximum Gasteiger partial charge on any atom is 0.224 e. The summed E-state index contributed by atoms with van der Waals surface area (Å²) in [7, 11) is 3.23. The maximum atomic E-state index is 12.0. The Balaban J connectivity index is 1.92. The number of amides is 1. The number of rotatable bonds is 6. The molecule has 0 saturated heterocycles. The Morgan fingerprint density at radius 2 is 1.86 bits per heavy atom. The van der Waals surface area contributed by atoms with Crippen molar-refractivity contribution in [2.24, 2.45) is 0 Å². The molecule has 0 aliphatic carbocycles. The van der Waals surface area contributed by atoms with Crippen LogP contribution in [0.3, 0.4) is 0 Å². The summed E-state index contributed by atoms with van der Waals surface area (Å²) in [5.41, 5.74) is 1.88. The van der Waals surface area contributed by atoms with E-state index in [-0.39, 0.29) is 5.91 Å². The van der Waals surface area contributed by atoms with Gasteiger partial charge in [-0.3, -0.25) is 4.79 Å². The minimum Gasteiger partial charge on any atom is -0.497 e. The summed E-state index contributed by atoms with van der Waals surface area (Å²) in [4.78, 5) is 12.0. The molecule has 2 aromatic rings. The van der Waals surface area contributed by atoms with Crippen molar-refractivity contribution in [2.45, 2.75) is 13.0 Å². The van der Waals surface area contributed by atoms with Crippen molar-refractivity contribution in [1.29, 1.82) is 0 Å². The summed E-state index contributed by atoms with van der Waals surface area (Å²) >= 11 is 0. The third-order valence-electron chi connectivity index (χ3n) is 3.17. The fraction of sp³-hybridized carbons (Fsp3) is 0.235. The highest BCUT2D eigenvalue weighted by atomic mass is 16.5. The van der Waals surface area contributed by atoms with Gasteiger partial charge in [-0.1, -0.05) is 30.3 Å². The molecule has 0 aliphatic rings. The van der Waals surface area contributed by atoms with Crippen LogP contribution in [0.15, 0.2) is 48.5 Å². The summed E-state index contributed by atoms with van der Waals surface area (Å²) in [5, 5.41) is 2.90. The molecular formula is C17H19NO3. The molecule has 4 heteroatoms. The topological polar surface area (TPSA) is 47.6 Å². The van der Waals surface area contributed by atoms with Crippen LogP contribution >= 0.6 is 0 Å². The van der Waals surface area contributed by atoms with Crippen LogP contribution in [0.5, 0.6) is 11.5 Å². The number of carbonyl (C=O) groups is 1. The van der Waals surface area contributed by atoms with Crippen LogP contribution in [-0.4, -0.2) is 20.1 Å². The van der Waals surface area contributed by atoms with E-state index in [2.05, 4.69) is 5.32 Å². The van der Waals surface area contributed by atoms with Gasteiger partial charge in [0.1, 0.15) is 11.5 Å². The second-order valence-electron chi connectivity index (χ2n) is 4.62. The highest BCUT2D eigenvalue weighted by Gasteiger charge is 2.08. The minimum atomic E-state index is -0.0395. The van der Waals surface area contributed by atoms with Crippen molar-refractivity contribution in [3.8, 4) is 11.5 Å². The van der Waals surface area contributed by atoms with E-state index >= 15 is 0 Å². The van der Waals surface area contributed by atoms with Crippen molar-refractivity contribution in [1.82, 2.24) is 5.32 Å². The monoisotopic (exact) mass is 285 g/mol. The fourth-order valence-electron chi connectivity index (χ4n) is 2.07. The summed E-state index contributed by atoms with van der Waals surface area (Å²) in [6.45, 7) is 0.477. The van der Waals surface area contributed by atoms with E-state index in [1.807, 2.05) is 48.5 Å². The molecule has 2 rings (SSSR count). The van der Waals surface area contributed by atoms with E-state index < -0.39 is 0 Å². The number of hydrogen-bond acceptors (Lipinski definition) is 3. The van der Waals surface area contributed by atoms with Gasteiger partial charge >= 0.3 is 0 Å². The first-order valence-electron chi connectivity index (χ1n) is 6.74. The lowest BCUT2D eigenvalue weighted by Gasteiger charge is -2.09. The van der Waals surface area contributed by atoms with E-state index in [4.69, 9.17) is 9.47 Å². The summed E-state index contributed by atoms with van der Waals surface area (Å²) in [6, 6.07) is 15.2. The van der Waals surface area contributed by atoms with Crippen LogP contribution in [0, 0.1) is 0 Å². The van der Waals surface area contributed by atoms with Crippen LogP contribution in [0.2, 0.25) is 0 Å². The van der Waals surface area contributed by atoms with Gasteiger partial charge in [-0.05, 0) is 23.8 Å². The fourth-order valence-corrected chi connectivity index (χ4v) is 2.07. The largest absolute Gasteiger partial charge is 0.497 e. The third kappa shape index (κ3) is 4.24. The Morgan fingerprint density at radius 3 is 2.62 bits per heavy atom. The van der Waals surface area contributed by atoms with E-state index in [1.165, 1.54) is 0 Å². The Labute approximate surface area is 124 Å². The second kappa shape index (κ2) is 7.33. The predicted molar refractivity (Wildman–Crippen MR) is 81.5 cm³/mol. The lowest BCUT2D eigenvalue weighted by Crippen LogP contribution is -2.24. The zero-order chi connectivity index (χ0) is 15.1. The summed E-state index contributed by atoms with van der Waals surface area (Å²) < 4.78 is 10.4.